The van der Waals surface area contributed by atoms with E-state index in [-0.39, 0.29) is 41.7 Å². The van der Waals surface area contributed by atoms with Gasteiger partial charge in [0.2, 0.25) is 0 Å². The van der Waals surface area contributed by atoms with Crippen molar-refractivity contribution in [1.29, 1.82) is 0 Å². The second-order valence-corrected chi connectivity index (χ2v) is 18.3. The van der Waals surface area contributed by atoms with Gasteiger partial charge in [0, 0.05) is 22.3 Å². The number of benzene rings is 6. The molecule has 8 bridgehead atoms. The molecule has 3 aromatic heterocycles. The molecule has 9 aromatic rings. The molecule has 0 amide bonds. The number of rotatable bonds is 12. The number of fused-ring (bicyclic) bond motifs is 14. The fourth-order valence-electron chi connectivity index (χ4n) is 10.3. The number of ether oxygens (including phenoxy) is 8. The van der Waals surface area contributed by atoms with Crippen LogP contribution in [0.2, 0.25) is 0 Å². The molecule has 0 fully saturated rings. The second kappa shape index (κ2) is 22.5. The van der Waals surface area contributed by atoms with Crippen molar-refractivity contribution in [3.05, 3.63) is 168 Å². The van der Waals surface area contributed by atoms with E-state index in [1.165, 1.54) is 28.4 Å². The maximum Gasteiger partial charge on any atom is 2.00 e. The van der Waals surface area contributed by atoms with Gasteiger partial charge in [0.15, 0.2) is 0 Å². The molecular weight excluding hydrogens is 1080 g/mol. The van der Waals surface area contributed by atoms with Gasteiger partial charge in [0.1, 0.15) is 23.0 Å². The molecule has 0 aliphatic carbocycles. The number of nitrogens with zero attached hydrogens (tertiary/aromatic N) is 4. The van der Waals surface area contributed by atoms with E-state index in [0.717, 1.165) is 0 Å². The van der Waals surface area contributed by atoms with Gasteiger partial charge in [-0.1, -0.05) is 72.8 Å². The second-order valence-electron chi connectivity index (χ2n) is 18.3. The third-order valence-electron chi connectivity index (χ3n) is 14.2. The summed E-state index contributed by atoms with van der Waals surface area (Å²) in [5.74, 6) is -0.722. The van der Waals surface area contributed by atoms with Crippen molar-refractivity contribution in [2.45, 2.75) is 0 Å². The van der Waals surface area contributed by atoms with E-state index >= 15 is 0 Å². The summed E-state index contributed by atoms with van der Waals surface area (Å²) in [6.07, 6.45) is 0. The molecule has 6 aromatic carbocycles. The summed E-state index contributed by atoms with van der Waals surface area (Å²) in [6, 6.07) is 43.6. The summed E-state index contributed by atoms with van der Waals surface area (Å²) in [4.78, 5) is 77.6. The van der Waals surface area contributed by atoms with Crippen LogP contribution in [0.3, 0.4) is 0 Å². The van der Waals surface area contributed by atoms with E-state index in [1.54, 1.807) is 52.7 Å². The molecule has 0 unspecified atom stereocenters. The number of carbonyl (C=O) groups excluding carboxylic acids is 4. The van der Waals surface area contributed by atoms with Crippen LogP contribution in [0, 0.1) is 0 Å². The monoisotopic (exact) mass is 1130 g/mol. The molecule has 16 nitrogen and oxygen atoms in total. The van der Waals surface area contributed by atoms with Crippen LogP contribution < -0.4 is 28.9 Å². The van der Waals surface area contributed by atoms with Gasteiger partial charge in [-0.15, -0.1) is 22.1 Å². The van der Waals surface area contributed by atoms with E-state index in [1.807, 2.05) is 121 Å². The fraction of sp³-hybridized carbons (Fsp3) is 0.125. The summed E-state index contributed by atoms with van der Waals surface area (Å²) in [6.45, 7) is 0. The first-order chi connectivity index (χ1) is 38.9. The molecule has 5 heterocycles. The van der Waals surface area contributed by atoms with Gasteiger partial charge in [0.25, 0.3) is 0 Å². The molecule has 0 radical (unpaired) electrons. The van der Waals surface area contributed by atoms with E-state index in [4.69, 9.17) is 57.8 Å². The topological polar surface area (TPSA) is 196 Å². The maximum absolute atomic E-state index is 13.8. The first-order valence-electron chi connectivity index (χ1n) is 24.9. The van der Waals surface area contributed by atoms with E-state index < -0.39 is 23.9 Å². The molecular formula is C64H48N4O12Zn. The molecule has 2 aliphatic heterocycles. The molecule has 17 heteroatoms. The molecule has 0 N–H and O–H groups in total. The van der Waals surface area contributed by atoms with Crippen LogP contribution in [0.25, 0.3) is 112 Å². The van der Waals surface area contributed by atoms with Crippen molar-refractivity contribution in [2.75, 3.05) is 56.9 Å². The number of aromatic nitrogens is 4. The fourth-order valence-corrected chi connectivity index (χ4v) is 10.3. The van der Waals surface area contributed by atoms with Crippen molar-refractivity contribution in [3.8, 4) is 113 Å². The summed E-state index contributed by atoms with van der Waals surface area (Å²) >= 11 is 0. The van der Waals surface area contributed by atoms with Crippen LogP contribution in [0.4, 0.5) is 0 Å². The summed E-state index contributed by atoms with van der Waals surface area (Å²) in [7, 11) is 11.3. The number of hydrogen-bond donors (Lipinski definition) is 0. The number of hydrogen-bond acceptors (Lipinski definition) is 14. The first kappa shape index (κ1) is 54.5. The van der Waals surface area contributed by atoms with Crippen LogP contribution in [0.5, 0.6) is 23.0 Å². The third kappa shape index (κ3) is 9.61. The van der Waals surface area contributed by atoms with E-state index in [9.17, 15) is 19.2 Å². The van der Waals surface area contributed by atoms with Crippen molar-refractivity contribution in [2.24, 2.45) is 0 Å². The van der Waals surface area contributed by atoms with Crippen LogP contribution in [0.15, 0.2) is 146 Å². The smallest absolute Gasteiger partial charge is 0.657 e. The Bertz CT molecular complexity index is 3640. The molecule has 2 aliphatic rings. The van der Waals surface area contributed by atoms with Gasteiger partial charge >= 0.3 is 43.4 Å². The van der Waals surface area contributed by atoms with Crippen LogP contribution in [-0.4, -0.2) is 90.7 Å². The van der Waals surface area contributed by atoms with Crippen LogP contribution in [-0.2, 0) is 38.4 Å². The minimum Gasteiger partial charge on any atom is -0.657 e. The average Bonchev–Trinajstić information content (AvgIpc) is 4.53. The van der Waals surface area contributed by atoms with Gasteiger partial charge in [0.05, 0.1) is 102 Å². The quantitative estimate of drug-likeness (QED) is 0.0636. The van der Waals surface area contributed by atoms with Crippen molar-refractivity contribution < 1.29 is 76.6 Å². The zero-order valence-electron chi connectivity index (χ0n) is 45.3. The van der Waals surface area contributed by atoms with Gasteiger partial charge in [-0.2, -0.15) is 0 Å². The molecule has 0 saturated carbocycles. The van der Waals surface area contributed by atoms with Crippen LogP contribution in [0.1, 0.15) is 41.4 Å². The molecule has 11 rings (SSSR count). The Balaban J connectivity index is 0.00000736. The Hall–Kier alpha value is -9.86. The van der Waals surface area contributed by atoms with Crippen molar-refractivity contribution in [1.82, 2.24) is 19.9 Å². The molecule has 0 atom stereocenters. The zero-order valence-corrected chi connectivity index (χ0v) is 48.2. The Morgan fingerprint density at radius 1 is 0.309 bits per heavy atom. The van der Waals surface area contributed by atoms with Gasteiger partial charge in [-0.3, -0.25) is 0 Å². The maximum atomic E-state index is 13.8. The molecule has 0 saturated heterocycles. The predicted octanol–water partition coefficient (Wildman–Crippen LogP) is 12.1. The molecule has 0 spiro atoms. The number of methoxy groups -OCH3 is 8. The molecule has 398 valence electrons. The Morgan fingerprint density at radius 3 is 0.679 bits per heavy atom. The number of esters is 4. The van der Waals surface area contributed by atoms with Crippen LogP contribution >= 0.6 is 0 Å². The summed E-state index contributed by atoms with van der Waals surface area (Å²) in [5, 5.41) is 0. The van der Waals surface area contributed by atoms with E-state index in [2.05, 4.69) is 0 Å². The summed E-state index contributed by atoms with van der Waals surface area (Å²) < 4.78 is 43.7. The predicted molar refractivity (Wildman–Crippen MR) is 301 cm³/mol. The standard InChI is InChI=1S/C64H50N4O12.Zn/c1-73-37-17-9-33(10-18-37)53-49-25-26-50(65-49)54(34-11-19-38(74-2)20-12-34)59-43-31-47(63(71)79-7)48(64(72)80-8)32-44(43)60(68-59)56(36-15-23-40(76-4)24-16-36)52-28-27-51(66-52)55(35-13-21-39(75-3)22-14-35)58-42-30-46(62(70)78-6)45(61(69)77-5)29-41(42)57(53)67-58;/h9-32H,1-8H3,(H2,65,66,67,68,69,70,71,72);/q;+2/p-2. The van der Waals surface area contributed by atoms with E-state index in [0.29, 0.717) is 135 Å². The normalized spacial score (nSPS) is 11.1. The van der Waals surface area contributed by atoms with Gasteiger partial charge in [-0.25, -0.2) is 29.1 Å². The minimum atomic E-state index is -0.774. The molecule has 81 heavy (non-hydrogen) atoms. The minimum absolute atomic E-state index is 0. The first-order valence-corrected chi connectivity index (χ1v) is 24.9. The SMILES string of the molecule is COC(=O)c1cc2c(cc1C(=O)OC)-c1nc-2c(-c2ccc(OC)cc2)c2ccc([n-]2)c(-c2ccc(OC)cc2)c2nc(c(-c3ccc(OC)cc3)c3ccc([n-]3)c1-c1ccc(OC)cc1)-c1cc(C(=O)OC)c(C(=O)OC)cc1-2.[Zn+2]. The van der Waals surface area contributed by atoms with Crippen molar-refractivity contribution >= 4 is 45.9 Å². The number of carbonyl (C=O) groups is 4. The van der Waals surface area contributed by atoms with Crippen molar-refractivity contribution in [3.63, 3.8) is 0 Å². The zero-order chi connectivity index (χ0) is 55.9. The average molecular weight is 1130 g/mol. The van der Waals surface area contributed by atoms with Gasteiger partial charge in [-0.05, 0) is 117 Å². The third-order valence-corrected chi connectivity index (χ3v) is 14.2. The Labute approximate surface area is 477 Å². The van der Waals surface area contributed by atoms with Gasteiger partial charge < -0.3 is 47.9 Å². The Morgan fingerprint density at radius 2 is 0.506 bits per heavy atom. The summed E-state index contributed by atoms with van der Waals surface area (Å²) in [5.41, 5.74) is 9.89. The largest absolute Gasteiger partial charge is 2.00 e. The Kier molecular flexibility index (Phi) is 15.1.